The van der Waals surface area contributed by atoms with Crippen molar-refractivity contribution in [3.8, 4) is 17.2 Å². The molecule has 11 heteroatoms. The van der Waals surface area contributed by atoms with Gasteiger partial charge in [-0.3, -0.25) is 14.4 Å². The molecule has 3 amide bonds. The number of carbonyl (C=O) groups excluding carboxylic acids is 3. The number of amides is 3. The second kappa shape index (κ2) is 16.5. The molecular weight excluding hydrogens is 510 g/mol. The van der Waals surface area contributed by atoms with Crippen molar-refractivity contribution in [2.24, 2.45) is 0 Å². The van der Waals surface area contributed by atoms with Crippen LogP contribution in [0.1, 0.15) is 42.6 Å². The van der Waals surface area contributed by atoms with Crippen LogP contribution in [-0.2, 0) is 16.1 Å². The van der Waals surface area contributed by atoms with Crippen LogP contribution in [0.2, 0.25) is 5.02 Å². The van der Waals surface area contributed by atoms with Crippen LogP contribution >= 0.6 is 11.6 Å². The summed E-state index contributed by atoms with van der Waals surface area (Å²) in [6.07, 6.45) is 6.30. The lowest BCUT2D eigenvalue weighted by molar-refractivity contribution is -0.120. The van der Waals surface area contributed by atoms with E-state index in [0.29, 0.717) is 28.8 Å². The number of benzene rings is 2. The molecule has 38 heavy (non-hydrogen) atoms. The van der Waals surface area contributed by atoms with E-state index >= 15 is 0 Å². The molecule has 0 aliphatic heterocycles. The molecule has 0 saturated heterocycles. The highest BCUT2D eigenvalue weighted by Crippen LogP contribution is 2.32. The zero-order chi connectivity index (χ0) is 27.8. The quantitative estimate of drug-likeness (QED) is 0.314. The summed E-state index contributed by atoms with van der Waals surface area (Å²) in [7, 11) is 1.57. The first-order valence-corrected chi connectivity index (χ1v) is 12.3. The number of hydrogen-bond donors (Lipinski definition) is 3. The van der Waals surface area contributed by atoms with Gasteiger partial charge in [-0.25, -0.2) is 9.97 Å². The van der Waals surface area contributed by atoms with E-state index < -0.39 is 5.91 Å². The molecule has 2 aromatic carbocycles. The van der Waals surface area contributed by atoms with E-state index in [2.05, 4.69) is 32.8 Å². The van der Waals surface area contributed by atoms with Crippen LogP contribution in [-0.4, -0.2) is 47.9 Å². The van der Waals surface area contributed by atoms with Gasteiger partial charge in [-0.05, 0) is 36.2 Å². The van der Waals surface area contributed by atoms with Gasteiger partial charge < -0.3 is 25.4 Å². The molecule has 3 rings (SSSR count). The van der Waals surface area contributed by atoms with Crippen molar-refractivity contribution in [2.45, 2.75) is 33.2 Å². The molecule has 0 saturated carbocycles. The second-order valence-corrected chi connectivity index (χ2v) is 8.37. The summed E-state index contributed by atoms with van der Waals surface area (Å²) >= 11 is 6.18. The Balaban J connectivity index is 0.000000550. The Morgan fingerprint density at radius 1 is 0.947 bits per heavy atom. The van der Waals surface area contributed by atoms with E-state index in [0.717, 1.165) is 24.9 Å². The maximum atomic E-state index is 11.9. The highest BCUT2D eigenvalue weighted by molar-refractivity contribution is 6.32. The monoisotopic (exact) mass is 541 g/mol. The molecule has 0 bridgehead atoms. The molecule has 0 aliphatic rings. The Bertz CT molecular complexity index is 1180. The van der Waals surface area contributed by atoms with Crippen LogP contribution in [0.15, 0.2) is 61.2 Å². The van der Waals surface area contributed by atoms with Crippen molar-refractivity contribution in [1.82, 2.24) is 25.9 Å². The number of carbonyl (C=O) groups is 3. The maximum absolute atomic E-state index is 11.9. The molecule has 0 fully saturated rings. The minimum atomic E-state index is -0.413. The van der Waals surface area contributed by atoms with Crippen molar-refractivity contribution in [2.75, 3.05) is 20.2 Å². The summed E-state index contributed by atoms with van der Waals surface area (Å²) < 4.78 is 10.9. The summed E-state index contributed by atoms with van der Waals surface area (Å²) in [6.45, 7) is 4.63. The van der Waals surface area contributed by atoms with Gasteiger partial charge in [0.05, 0.1) is 24.2 Å². The van der Waals surface area contributed by atoms with Gasteiger partial charge in [0, 0.05) is 38.5 Å². The van der Waals surface area contributed by atoms with Gasteiger partial charge in [-0.1, -0.05) is 37.1 Å². The van der Waals surface area contributed by atoms with Crippen LogP contribution in [0.3, 0.4) is 0 Å². The van der Waals surface area contributed by atoms with Crippen molar-refractivity contribution in [1.29, 1.82) is 0 Å². The number of nitrogens with one attached hydrogen (secondary N) is 3. The van der Waals surface area contributed by atoms with Crippen molar-refractivity contribution in [3.63, 3.8) is 0 Å². The topological polar surface area (TPSA) is 132 Å². The molecule has 3 aromatic rings. The van der Waals surface area contributed by atoms with Crippen molar-refractivity contribution < 1.29 is 23.9 Å². The number of methoxy groups -OCH3 is 1. The normalized spacial score (nSPS) is 9.89. The molecule has 0 aliphatic carbocycles. The predicted molar refractivity (Wildman–Crippen MR) is 144 cm³/mol. The van der Waals surface area contributed by atoms with Gasteiger partial charge in [0.2, 0.25) is 11.8 Å². The highest BCUT2D eigenvalue weighted by Gasteiger charge is 2.09. The van der Waals surface area contributed by atoms with Gasteiger partial charge >= 0.3 is 0 Å². The number of unbranched alkanes of at least 4 members (excludes halogenated alkanes) is 1. The zero-order valence-corrected chi connectivity index (χ0v) is 22.4. The smallest absolute Gasteiger partial charge is 0.254 e. The first-order valence-electron chi connectivity index (χ1n) is 12.0. The van der Waals surface area contributed by atoms with E-state index in [1.54, 1.807) is 37.4 Å². The Morgan fingerprint density at radius 3 is 2.24 bits per heavy atom. The number of aromatic nitrogens is 2. The lowest BCUT2D eigenvalue weighted by atomic mass is 10.2. The Morgan fingerprint density at radius 2 is 1.63 bits per heavy atom. The van der Waals surface area contributed by atoms with Crippen LogP contribution in [0, 0.1) is 0 Å². The number of ether oxygens (including phenoxy) is 2. The van der Waals surface area contributed by atoms with Gasteiger partial charge in [-0.15, -0.1) is 0 Å². The minimum absolute atomic E-state index is 0.0680. The Kier molecular flexibility index (Phi) is 13.1. The third-order valence-corrected chi connectivity index (χ3v) is 5.21. The first-order chi connectivity index (χ1) is 18.3. The average molecular weight is 542 g/mol. The summed E-state index contributed by atoms with van der Waals surface area (Å²) in [5.74, 6) is 1.10. The summed E-state index contributed by atoms with van der Waals surface area (Å²) in [6, 6.07) is 12.4. The van der Waals surface area contributed by atoms with E-state index in [1.165, 1.54) is 25.6 Å². The number of nitrogens with zero attached hydrogens (tertiary/aromatic N) is 2. The zero-order valence-electron chi connectivity index (χ0n) is 21.6. The van der Waals surface area contributed by atoms with Crippen molar-refractivity contribution in [3.05, 3.63) is 77.3 Å². The Labute approximate surface area is 227 Å². The summed E-state index contributed by atoms with van der Waals surface area (Å²) in [5, 5.41) is 8.40. The van der Waals surface area contributed by atoms with E-state index in [-0.39, 0.29) is 23.9 Å². The SMILES string of the molecule is CCCCNC(C)=O.COc1ccc(Oc2ccc(CNC(=O)CNC(=O)c3cncnc3)cc2)c(Cl)c1. The van der Waals surface area contributed by atoms with Crippen molar-refractivity contribution >= 4 is 29.3 Å². The summed E-state index contributed by atoms with van der Waals surface area (Å²) in [5.41, 5.74) is 1.16. The molecular formula is C27H32ClN5O5. The molecule has 0 radical (unpaired) electrons. The molecule has 202 valence electrons. The van der Waals surface area contributed by atoms with E-state index in [1.807, 2.05) is 12.1 Å². The molecule has 0 spiro atoms. The first kappa shape index (κ1) is 30.0. The molecule has 1 aromatic heterocycles. The predicted octanol–water partition coefficient (Wildman–Crippen LogP) is 3.90. The largest absolute Gasteiger partial charge is 0.497 e. The summed E-state index contributed by atoms with van der Waals surface area (Å²) in [4.78, 5) is 41.5. The lowest BCUT2D eigenvalue weighted by Crippen LogP contribution is -2.36. The van der Waals surface area contributed by atoms with Crippen LogP contribution in [0.4, 0.5) is 0 Å². The molecule has 3 N–H and O–H groups in total. The Hall–Kier alpha value is -4.18. The van der Waals surface area contributed by atoms with Crippen LogP contribution in [0.25, 0.3) is 0 Å². The standard InChI is InChI=1S/C21H19ClN4O4.C6H13NO/c1-29-17-6-7-19(18(22)8-17)30-16-4-2-14(3-5-16)9-25-20(27)12-26-21(28)15-10-23-13-24-11-15;1-3-4-5-7-6(2)8/h2-8,10-11,13H,9,12H2,1H3,(H,25,27)(H,26,28);3-5H2,1-2H3,(H,7,8). The average Bonchev–Trinajstić information content (AvgIpc) is 2.93. The fourth-order valence-corrected chi connectivity index (χ4v) is 3.09. The molecule has 1 heterocycles. The second-order valence-electron chi connectivity index (χ2n) is 7.97. The van der Waals surface area contributed by atoms with Crippen LogP contribution in [0.5, 0.6) is 17.2 Å². The fourth-order valence-electron chi connectivity index (χ4n) is 2.88. The van der Waals surface area contributed by atoms with Gasteiger partial charge in [0.15, 0.2) is 0 Å². The molecule has 0 atom stereocenters. The van der Waals surface area contributed by atoms with Crippen LogP contribution < -0.4 is 25.4 Å². The van der Waals surface area contributed by atoms with Gasteiger partial charge in [-0.2, -0.15) is 0 Å². The number of halogens is 1. The van der Waals surface area contributed by atoms with Gasteiger partial charge in [0.1, 0.15) is 23.6 Å². The fraction of sp³-hybridized carbons (Fsp3) is 0.296. The van der Waals surface area contributed by atoms with E-state index in [9.17, 15) is 14.4 Å². The third-order valence-electron chi connectivity index (χ3n) is 4.92. The third kappa shape index (κ3) is 11.3. The van der Waals surface area contributed by atoms with E-state index in [4.69, 9.17) is 21.1 Å². The molecule has 0 unspecified atom stereocenters. The highest BCUT2D eigenvalue weighted by atomic mass is 35.5. The lowest BCUT2D eigenvalue weighted by Gasteiger charge is -2.10. The van der Waals surface area contributed by atoms with Gasteiger partial charge in [0.25, 0.3) is 5.91 Å². The maximum Gasteiger partial charge on any atom is 0.254 e. The minimum Gasteiger partial charge on any atom is -0.497 e. The molecule has 10 nitrogen and oxygen atoms in total. The number of rotatable bonds is 11. The number of hydrogen-bond acceptors (Lipinski definition) is 7.